The zero-order valence-electron chi connectivity index (χ0n) is 22.9. The van der Waals surface area contributed by atoms with E-state index in [0.717, 1.165) is 15.4 Å². The van der Waals surface area contributed by atoms with Crippen molar-refractivity contribution in [3.05, 3.63) is 131 Å². The number of hydrogen-bond acceptors (Lipinski definition) is 4. The van der Waals surface area contributed by atoms with Crippen molar-refractivity contribution in [3.63, 3.8) is 0 Å². The molecule has 0 radical (unpaired) electrons. The van der Waals surface area contributed by atoms with E-state index in [-0.39, 0.29) is 23.8 Å². The van der Waals surface area contributed by atoms with Gasteiger partial charge in [-0.15, -0.1) is 0 Å². The maximum atomic E-state index is 14.2. The zero-order valence-corrected chi connectivity index (χ0v) is 24.5. The Morgan fingerprint density at radius 1 is 0.829 bits per heavy atom. The number of likely N-dealkylation sites (N-methyl/N-ethyl adjacent to an activating group) is 1. The topological polar surface area (TPSA) is 86.8 Å². The summed E-state index contributed by atoms with van der Waals surface area (Å²) in [5.74, 6) is -0.897. The van der Waals surface area contributed by atoms with Gasteiger partial charge in [-0.1, -0.05) is 90.0 Å². The molecule has 7 nitrogen and oxygen atoms in total. The predicted molar refractivity (Wildman–Crippen MR) is 162 cm³/mol. The monoisotopic (exact) mass is 589 g/mol. The maximum absolute atomic E-state index is 14.2. The van der Waals surface area contributed by atoms with Gasteiger partial charge in [0, 0.05) is 25.0 Å². The molecule has 0 heterocycles. The van der Waals surface area contributed by atoms with Crippen LogP contribution in [0.15, 0.2) is 114 Å². The predicted octanol–water partition coefficient (Wildman–Crippen LogP) is 5.23. The first-order valence-electron chi connectivity index (χ1n) is 13.1. The molecule has 0 aliphatic heterocycles. The Balaban J connectivity index is 1.78. The lowest BCUT2D eigenvalue weighted by Crippen LogP contribution is -2.53. The van der Waals surface area contributed by atoms with Gasteiger partial charge in [-0.25, -0.2) is 8.42 Å². The molecular formula is C32H32ClN3O4S. The fraction of sp³-hybridized carbons (Fsp3) is 0.188. The molecule has 0 aliphatic rings. The van der Waals surface area contributed by atoms with Crippen LogP contribution in [0, 0.1) is 6.92 Å². The van der Waals surface area contributed by atoms with E-state index < -0.39 is 28.5 Å². The van der Waals surface area contributed by atoms with Gasteiger partial charge in [0.2, 0.25) is 11.8 Å². The van der Waals surface area contributed by atoms with Gasteiger partial charge in [0.1, 0.15) is 12.6 Å². The van der Waals surface area contributed by atoms with Crippen LogP contribution in [-0.2, 0) is 32.6 Å². The van der Waals surface area contributed by atoms with Crippen LogP contribution < -0.4 is 9.62 Å². The van der Waals surface area contributed by atoms with Crippen LogP contribution in [0.4, 0.5) is 5.69 Å². The summed E-state index contributed by atoms with van der Waals surface area (Å²) in [5.41, 5.74) is 2.86. The normalized spacial score (nSPS) is 11.9. The molecule has 0 fully saturated rings. The summed E-state index contributed by atoms with van der Waals surface area (Å²) in [6.07, 6.45) is 0.239. The third-order valence-corrected chi connectivity index (χ3v) is 8.71. The zero-order chi connectivity index (χ0) is 29.4. The van der Waals surface area contributed by atoms with Crippen molar-refractivity contribution in [3.8, 4) is 0 Å². The van der Waals surface area contributed by atoms with Crippen molar-refractivity contribution < 1.29 is 18.0 Å². The van der Waals surface area contributed by atoms with Crippen LogP contribution in [0.3, 0.4) is 0 Å². The van der Waals surface area contributed by atoms with Crippen molar-refractivity contribution in [2.45, 2.75) is 30.8 Å². The number of aryl methyl sites for hydroxylation is 1. The first kappa shape index (κ1) is 29.8. The third kappa shape index (κ3) is 7.54. The minimum absolute atomic E-state index is 0.0530. The Morgan fingerprint density at radius 2 is 1.44 bits per heavy atom. The van der Waals surface area contributed by atoms with Crippen LogP contribution in [-0.4, -0.2) is 44.8 Å². The van der Waals surface area contributed by atoms with E-state index in [2.05, 4.69) is 5.32 Å². The van der Waals surface area contributed by atoms with E-state index in [1.807, 2.05) is 43.3 Å². The lowest BCUT2D eigenvalue weighted by atomic mass is 10.0. The standard InChI is InChI=1S/C32H32ClN3O4S/c1-24-16-18-28(19-17-24)36(41(39,40)29-14-7-4-8-15-29)23-31(37)35(22-26-12-9-13-27(33)20-26)30(32(38)34-2)21-25-10-5-3-6-11-25/h3-20,30H,21-23H2,1-2H3,(H,34,38)/t30-/m0/s1. The average molecular weight is 590 g/mol. The maximum Gasteiger partial charge on any atom is 0.264 e. The van der Waals surface area contributed by atoms with Crippen molar-refractivity contribution in [2.24, 2.45) is 0 Å². The number of anilines is 1. The van der Waals surface area contributed by atoms with Gasteiger partial charge in [0.25, 0.3) is 10.0 Å². The second-order valence-electron chi connectivity index (χ2n) is 9.63. The molecule has 0 spiro atoms. The highest BCUT2D eigenvalue weighted by Gasteiger charge is 2.34. The highest BCUT2D eigenvalue weighted by molar-refractivity contribution is 7.92. The Labute approximate surface area is 246 Å². The molecule has 4 aromatic carbocycles. The molecule has 4 rings (SSSR count). The number of sulfonamides is 1. The van der Waals surface area contributed by atoms with Gasteiger partial charge < -0.3 is 10.2 Å². The molecule has 0 saturated heterocycles. The van der Waals surface area contributed by atoms with E-state index in [9.17, 15) is 18.0 Å². The molecule has 41 heavy (non-hydrogen) atoms. The molecule has 9 heteroatoms. The summed E-state index contributed by atoms with van der Waals surface area (Å²) in [5, 5.41) is 3.16. The van der Waals surface area contributed by atoms with Crippen molar-refractivity contribution >= 4 is 39.1 Å². The molecule has 0 aromatic heterocycles. The Kier molecular flexibility index (Phi) is 9.81. The summed E-state index contributed by atoms with van der Waals surface area (Å²) < 4.78 is 28.9. The van der Waals surface area contributed by atoms with Crippen molar-refractivity contribution in [2.75, 3.05) is 17.9 Å². The highest BCUT2D eigenvalue weighted by atomic mass is 35.5. The summed E-state index contributed by atoms with van der Waals surface area (Å²) >= 11 is 6.24. The SMILES string of the molecule is CNC(=O)[C@H](Cc1ccccc1)N(Cc1cccc(Cl)c1)C(=O)CN(c1ccc(C)cc1)S(=O)(=O)c1ccccc1. The molecule has 1 atom stereocenters. The molecule has 0 unspecified atom stereocenters. The van der Waals surface area contributed by atoms with Gasteiger partial charge in [-0.2, -0.15) is 0 Å². The minimum atomic E-state index is -4.12. The summed E-state index contributed by atoms with van der Waals surface area (Å²) in [4.78, 5) is 29.0. The van der Waals surface area contributed by atoms with E-state index in [1.54, 1.807) is 60.7 Å². The average Bonchev–Trinajstić information content (AvgIpc) is 2.98. The quantitative estimate of drug-likeness (QED) is 0.260. The van der Waals surface area contributed by atoms with Crippen LogP contribution in [0.25, 0.3) is 0 Å². The molecule has 0 aliphatic carbocycles. The lowest BCUT2D eigenvalue weighted by molar-refractivity contribution is -0.139. The van der Waals surface area contributed by atoms with Crippen LogP contribution in [0.1, 0.15) is 16.7 Å². The first-order chi connectivity index (χ1) is 19.7. The number of hydrogen-bond donors (Lipinski definition) is 1. The van der Waals surface area contributed by atoms with Crippen molar-refractivity contribution in [1.29, 1.82) is 0 Å². The molecule has 0 saturated carbocycles. The number of nitrogens with zero attached hydrogens (tertiary/aromatic N) is 2. The number of amides is 2. The van der Waals surface area contributed by atoms with E-state index in [1.165, 1.54) is 24.1 Å². The van der Waals surface area contributed by atoms with Gasteiger partial charge in [0.15, 0.2) is 0 Å². The summed E-state index contributed by atoms with van der Waals surface area (Å²) in [6, 6.07) is 30.4. The van der Waals surface area contributed by atoms with Crippen molar-refractivity contribution in [1.82, 2.24) is 10.2 Å². The van der Waals surface area contributed by atoms with Crippen LogP contribution >= 0.6 is 11.6 Å². The van der Waals surface area contributed by atoms with Gasteiger partial charge >= 0.3 is 0 Å². The Hall–Kier alpha value is -4.14. The molecule has 1 N–H and O–H groups in total. The fourth-order valence-corrected chi connectivity index (χ4v) is 6.16. The lowest BCUT2D eigenvalue weighted by Gasteiger charge is -2.33. The van der Waals surface area contributed by atoms with E-state index in [0.29, 0.717) is 16.3 Å². The smallest absolute Gasteiger partial charge is 0.264 e. The molecule has 0 bridgehead atoms. The van der Waals surface area contributed by atoms with E-state index in [4.69, 9.17) is 11.6 Å². The van der Waals surface area contributed by atoms with Gasteiger partial charge in [0.05, 0.1) is 10.6 Å². The highest BCUT2D eigenvalue weighted by Crippen LogP contribution is 2.25. The Morgan fingerprint density at radius 3 is 2.05 bits per heavy atom. The summed E-state index contributed by atoms with van der Waals surface area (Å²) in [7, 11) is -2.61. The largest absolute Gasteiger partial charge is 0.357 e. The molecule has 4 aromatic rings. The third-order valence-electron chi connectivity index (χ3n) is 6.69. The van der Waals surface area contributed by atoms with Crippen LogP contribution in [0.2, 0.25) is 5.02 Å². The summed E-state index contributed by atoms with van der Waals surface area (Å²) in [6.45, 7) is 1.44. The second-order valence-corrected chi connectivity index (χ2v) is 11.9. The van der Waals surface area contributed by atoms with Gasteiger partial charge in [-0.05, 0) is 54.4 Å². The number of carbonyl (C=O) groups excluding carboxylic acids is 2. The number of carbonyl (C=O) groups is 2. The molecule has 212 valence electrons. The Bertz CT molecular complexity index is 1580. The molecule has 2 amide bonds. The van der Waals surface area contributed by atoms with Crippen LogP contribution in [0.5, 0.6) is 0 Å². The minimum Gasteiger partial charge on any atom is -0.357 e. The number of nitrogens with one attached hydrogen (secondary N) is 1. The second kappa shape index (κ2) is 13.5. The van der Waals surface area contributed by atoms with Gasteiger partial charge in [-0.3, -0.25) is 13.9 Å². The number of halogens is 1. The fourth-order valence-electron chi connectivity index (χ4n) is 4.51. The van der Waals surface area contributed by atoms with E-state index >= 15 is 0 Å². The molecular weight excluding hydrogens is 558 g/mol. The number of benzene rings is 4. The number of rotatable bonds is 11. The first-order valence-corrected chi connectivity index (χ1v) is 14.9.